The highest BCUT2D eigenvalue weighted by Crippen LogP contribution is 2.24. The summed E-state index contributed by atoms with van der Waals surface area (Å²) in [5.74, 6) is -1.10. The Bertz CT molecular complexity index is 488. The summed E-state index contributed by atoms with van der Waals surface area (Å²) in [6.07, 6.45) is 1.09. The van der Waals surface area contributed by atoms with Gasteiger partial charge in [-0.25, -0.2) is 4.39 Å². The van der Waals surface area contributed by atoms with E-state index < -0.39 is 5.97 Å². The van der Waals surface area contributed by atoms with Gasteiger partial charge in [0.25, 0.3) is 0 Å². The number of hydrogen-bond donors (Lipinski definition) is 3. The maximum absolute atomic E-state index is 13.9. The van der Waals surface area contributed by atoms with Gasteiger partial charge >= 0.3 is 5.97 Å². The van der Waals surface area contributed by atoms with E-state index in [4.69, 9.17) is 5.11 Å². The molecule has 2 rings (SSSR count). The van der Waals surface area contributed by atoms with Crippen molar-refractivity contribution < 1.29 is 19.4 Å². The van der Waals surface area contributed by atoms with Crippen molar-refractivity contribution in [2.24, 2.45) is 0 Å². The normalized spacial score (nSPS) is 16.2. The van der Waals surface area contributed by atoms with Crippen LogP contribution in [0, 0.1) is 5.82 Å². The highest BCUT2D eigenvalue weighted by molar-refractivity contribution is 5.66. The van der Waals surface area contributed by atoms with Crippen molar-refractivity contribution in [2.45, 2.75) is 31.9 Å². The summed E-state index contributed by atoms with van der Waals surface area (Å²) in [5, 5.41) is 21.1. The quantitative estimate of drug-likeness (QED) is 0.691. The monoisotopic (exact) mass is 296 g/mol. The molecule has 3 N–H and O–H groups in total. The molecule has 0 aliphatic carbocycles. The van der Waals surface area contributed by atoms with Crippen molar-refractivity contribution in [1.29, 1.82) is 0 Å². The molecule has 1 aliphatic rings. The molecule has 0 aromatic heterocycles. The first-order chi connectivity index (χ1) is 10.1. The minimum Gasteiger partial charge on any atom is -0.481 e. The van der Waals surface area contributed by atoms with E-state index in [0.717, 1.165) is 5.56 Å². The second kappa shape index (κ2) is 7.38. The summed E-state index contributed by atoms with van der Waals surface area (Å²) in [4.78, 5) is 12.4. The Kier molecular flexibility index (Phi) is 5.52. The van der Waals surface area contributed by atoms with Gasteiger partial charge in [0.2, 0.25) is 0 Å². The first-order valence-corrected chi connectivity index (χ1v) is 7.20. The molecule has 6 heteroatoms. The van der Waals surface area contributed by atoms with Gasteiger partial charge in [-0.2, -0.15) is 0 Å². The summed E-state index contributed by atoms with van der Waals surface area (Å²) in [5.41, 5.74) is 1.47. The molecule has 0 saturated carbocycles. The molecule has 1 fully saturated rings. The van der Waals surface area contributed by atoms with Crippen LogP contribution in [-0.4, -0.2) is 41.9 Å². The minimum atomic E-state index is -0.839. The number of halogens is 1. The van der Waals surface area contributed by atoms with Gasteiger partial charge < -0.3 is 20.4 Å². The largest absolute Gasteiger partial charge is 0.481 e. The number of piperidine rings is 1. The number of nitrogens with zero attached hydrogens (tertiary/aromatic N) is 1. The van der Waals surface area contributed by atoms with Gasteiger partial charge in [0.1, 0.15) is 5.82 Å². The number of hydrogen-bond acceptors (Lipinski definition) is 4. The molecule has 1 aromatic carbocycles. The minimum absolute atomic E-state index is 0.0675. The van der Waals surface area contributed by atoms with Crippen molar-refractivity contribution >= 4 is 11.7 Å². The Morgan fingerprint density at radius 2 is 2.10 bits per heavy atom. The molecule has 21 heavy (non-hydrogen) atoms. The van der Waals surface area contributed by atoms with E-state index in [9.17, 15) is 14.3 Å². The van der Waals surface area contributed by atoms with Gasteiger partial charge in [-0.05, 0) is 30.5 Å². The number of benzene rings is 1. The Morgan fingerprint density at radius 3 is 2.76 bits per heavy atom. The third kappa shape index (κ3) is 4.68. The number of carboxylic acids is 1. The van der Waals surface area contributed by atoms with E-state index in [0.29, 0.717) is 44.7 Å². The van der Waals surface area contributed by atoms with Gasteiger partial charge in [-0.15, -0.1) is 0 Å². The van der Waals surface area contributed by atoms with Crippen molar-refractivity contribution in [3.63, 3.8) is 0 Å². The van der Waals surface area contributed by atoms with Gasteiger partial charge in [0.05, 0.1) is 18.2 Å². The Hall–Kier alpha value is -1.66. The van der Waals surface area contributed by atoms with Crippen LogP contribution in [0.25, 0.3) is 0 Å². The maximum Gasteiger partial charge on any atom is 0.304 e. The van der Waals surface area contributed by atoms with E-state index in [1.807, 2.05) is 4.90 Å². The zero-order valence-electron chi connectivity index (χ0n) is 11.9. The molecule has 0 unspecified atom stereocenters. The van der Waals surface area contributed by atoms with E-state index in [1.165, 1.54) is 6.07 Å². The number of rotatable bonds is 6. The number of aliphatic carboxylic acids is 1. The first-order valence-electron chi connectivity index (χ1n) is 7.20. The van der Waals surface area contributed by atoms with Crippen molar-refractivity contribution in [2.75, 3.05) is 24.5 Å². The SMILES string of the molecule is O=C(O)CCNCc1ccc(F)c(N2CCC(O)CC2)c1. The van der Waals surface area contributed by atoms with Crippen molar-refractivity contribution in [3.8, 4) is 0 Å². The van der Waals surface area contributed by atoms with Gasteiger partial charge in [-0.3, -0.25) is 4.79 Å². The topological polar surface area (TPSA) is 72.8 Å². The van der Waals surface area contributed by atoms with Crippen LogP contribution in [0.5, 0.6) is 0 Å². The second-order valence-electron chi connectivity index (χ2n) is 5.32. The van der Waals surface area contributed by atoms with E-state index >= 15 is 0 Å². The van der Waals surface area contributed by atoms with Crippen LogP contribution in [-0.2, 0) is 11.3 Å². The number of carboxylic acid groups (broad SMARTS) is 1. The number of carbonyl (C=O) groups is 1. The zero-order chi connectivity index (χ0) is 15.2. The Morgan fingerprint density at radius 1 is 1.38 bits per heavy atom. The van der Waals surface area contributed by atoms with Crippen LogP contribution in [0.15, 0.2) is 18.2 Å². The smallest absolute Gasteiger partial charge is 0.304 e. The molecule has 5 nitrogen and oxygen atoms in total. The van der Waals surface area contributed by atoms with Crippen LogP contribution in [0.3, 0.4) is 0 Å². The molecule has 0 bridgehead atoms. The molecule has 1 heterocycles. The van der Waals surface area contributed by atoms with Crippen LogP contribution in [0.2, 0.25) is 0 Å². The first kappa shape index (κ1) is 15.7. The summed E-state index contributed by atoms with van der Waals surface area (Å²) < 4.78 is 13.9. The molecular weight excluding hydrogens is 275 g/mol. The van der Waals surface area contributed by atoms with E-state index in [-0.39, 0.29) is 18.3 Å². The fraction of sp³-hybridized carbons (Fsp3) is 0.533. The molecule has 1 saturated heterocycles. The fourth-order valence-corrected chi connectivity index (χ4v) is 2.45. The zero-order valence-corrected chi connectivity index (χ0v) is 11.9. The molecule has 1 aliphatic heterocycles. The second-order valence-corrected chi connectivity index (χ2v) is 5.32. The van der Waals surface area contributed by atoms with E-state index in [2.05, 4.69) is 5.32 Å². The van der Waals surface area contributed by atoms with Gasteiger partial charge in [-0.1, -0.05) is 6.07 Å². The third-order valence-electron chi connectivity index (χ3n) is 3.66. The van der Waals surface area contributed by atoms with Crippen LogP contribution in [0.1, 0.15) is 24.8 Å². The summed E-state index contributed by atoms with van der Waals surface area (Å²) in [7, 11) is 0. The average Bonchev–Trinajstić information content (AvgIpc) is 2.46. The number of nitrogens with one attached hydrogen (secondary N) is 1. The molecule has 0 atom stereocenters. The highest BCUT2D eigenvalue weighted by atomic mass is 19.1. The maximum atomic E-state index is 13.9. The lowest BCUT2D eigenvalue weighted by Crippen LogP contribution is -2.36. The molecule has 1 aromatic rings. The van der Waals surface area contributed by atoms with Crippen LogP contribution >= 0.6 is 0 Å². The van der Waals surface area contributed by atoms with Crippen LogP contribution in [0.4, 0.5) is 10.1 Å². The summed E-state index contributed by atoms with van der Waals surface area (Å²) in [6, 6.07) is 4.93. The highest BCUT2D eigenvalue weighted by Gasteiger charge is 2.19. The van der Waals surface area contributed by atoms with Gasteiger partial charge in [0.15, 0.2) is 0 Å². The standard InChI is InChI=1S/C15H21FN2O3/c16-13-2-1-11(10-17-6-3-15(20)21)9-14(13)18-7-4-12(19)5-8-18/h1-2,9,12,17,19H,3-8,10H2,(H,20,21). The summed E-state index contributed by atoms with van der Waals surface area (Å²) in [6.45, 7) is 2.19. The number of aliphatic hydroxyl groups excluding tert-OH is 1. The third-order valence-corrected chi connectivity index (χ3v) is 3.66. The molecule has 0 radical (unpaired) electrons. The van der Waals surface area contributed by atoms with Crippen molar-refractivity contribution in [3.05, 3.63) is 29.6 Å². The predicted molar refractivity (Wildman–Crippen MR) is 77.8 cm³/mol. The number of aliphatic hydroxyl groups is 1. The molecule has 116 valence electrons. The molecule has 0 spiro atoms. The Balaban J connectivity index is 1.95. The van der Waals surface area contributed by atoms with Crippen molar-refractivity contribution in [1.82, 2.24) is 5.32 Å². The van der Waals surface area contributed by atoms with E-state index in [1.54, 1.807) is 12.1 Å². The lowest BCUT2D eigenvalue weighted by atomic mass is 10.1. The van der Waals surface area contributed by atoms with Crippen LogP contribution < -0.4 is 10.2 Å². The summed E-state index contributed by atoms with van der Waals surface area (Å²) >= 11 is 0. The fourth-order valence-electron chi connectivity index (χ4n) is 2.45. The predicted octanol–water partition coefficient (Wildman–Crippen LogP) is 1.35. The Labute approximate surface area is 123 Å². The molecule has 0 amide bonds. The lowest BCUT2D eigenvalue weighted by molar-refractivity contribution is -0.136. The lowest BCUT2D eigenvalue weighted by Gasteiger charge is -2.32. The molecular formula is C15H21FN2O3. The van der Waals surface area contributed by atoms with Gasteiger partial charge in [0, 0.05) is 26.2 Å². The number of anilines is 1. The average molecular weight is 296 g/mol.